The summed E-state index contributed by atoms with van der Waals surface area (Å²) in [7, 11) is 0. The summed E-state index contributed by atoms with van der Waals surface area (Å²) in [6, 6.07) is 6.05. The van der Waals surface area contributed by atoms with E-state index in [0.717, 1.165) is 11.1 Å². The Kier molecular flexibility index (Phi) is 2.83. The molecular weight excluding hydrogens is 220 g/mol. The van der Waals surface area contributed by atoms with Crippen LogP contribution in [0.25, 0.3) is 0 Å². The summed E-state index contributed by atoms with van der Waals surface area (Å²) in [5, 5.41) is 13.7. The standard InChI is InChI=1S/C12H14N2O3/c1-7-4-3-5-9(6-7)10-11(14(16)17)8(2)12(15)13-10/h3-6,8,10-11H,1-2H3,(H,13,15). The van der Waals surface area contributed by atoms with Crippen molar-refractivity contribution in [2.45, 2.75) is 25.9 Å². The molecule has 1 aromatic rings. The molecule has 1 heterocycles. The van der Waals surface area contributed by atoms with Crippen LogP contribution < -0.4 is 5.32 Å². The van der Waals surface area contributed by atoms with Crippen molar-refractivity contribution in [2.75, 3.05) is 0 Å². The first-order valence-electron chi connectivity index (χ1n) is 5.51. The fourth-order valence-corrected chi connectivity index (χ4v) is 2.26. The van der Waals surface area contributed by atoms with Crippen LogP contribution in [0.2, 0.25) is 0 Å². The normalized spacial score (nSPS) is 27.9. The second kappa shape index (κ2) is 4.16. The zero-order chi connectivity index (χ0) is 12.6. The lowest BCUT2D eigenvalue weighted by atomic mass is 9.95. The van der Waals surface area contributed by atoms with Crippen molar-refractivity contribution in [3.63, 3.8) is 0 Å². The highest BCUT2D eigenvalue weighted by Gasteiger charge is 2.48. The van der Waals surface area contributed by atoms with E-state index < -0.39 is 18.0 Å². The minimum Gasteiger partial charge on any atom is -0.342 e. The van der Waals surface area contributed by atoms with Gasteiger partial charge in [-0.15, -0.1) is 0 Å². The van der Waals surface area contributed by atoms with E-state index in [2.05, 4.69) is 5.32 Å². The van der Waals surface area contributed by atoms with Gasteiger partial charge in [0.2, 0.25) is 11.9 Å². The topological polar surface area (TPSA) is 72.2 Å². The van der Waals surface area contributed by atoms with E-state index in [4.69, 9.17) is 0 Å². The molecule has 1 N–H and O–H groups in total. The molecule has 90 valence electrons. The largest absolute Gasteiger partial charge is 0.342 e. The first-order chi connectivity index (χ1) is 8.00. The Labute approximate surface area is 99.0 Å². The molecule has 1 aromatic carbocycles. The summed E-state index contributed by atoms with van der Waals surface area (Å²) < 4.78 is 0. The maximum Gasteiger partial charge on any atom is 0.248 e. The summed E-state index contributed by atoms with van der Waals surface area (Å²) in [4.78, 5) is 22.2. The Morgan fingerprint density at radius 2 is 2.12 bits per heavy atom. The third kappa shape index (κ3) is 2.00. The lowest BCUT2D eigenvalue weighted by Gasteiger charge is -2.14. The smallest absolute Gasteiger partial charge is 0.248 e. The number of benzene rings is 1. The van der Waals surface area contributed by atoms with Crippen LogP contribution in [0.15, 0.2) is 24.3 Å². The van der Waals surface area contributed by atoms with Gasteiger partial charge in [0.05, 0.1) is 0 Å². The van der Waals surface area contributed by atoms with Gasteiger partial charge in [0, 0.05) is 4.92 Å². The van der Waals surface area contributed by atoms with Gasteiger partial charge in [0.25, 0.3) is 0 Å². The third-order valence-corrected chi connectivity index (χ3v) is 3.21. The van der Waals surface area contributed by atoms with E-state index in [0.29, 0.717) is 0 Å². The highest BCUT2D eigenvalue weighted by molar-refractivity contribution is 5.82. The van der Waals surface area contributed by atoms with E-state index in [9.17, 15) is 14.9 Å². The third-order valence-electron chi connectivity index (χ3n) is 3.21. The predicted octanol–water partition coefficient (Wildman–Crippen LogP) is 1.45. The molecule has 0 bridgehead atoms. The van der Waals surface area contributed by atoms with Gasteiger partial charge in [-0.25, -0.2) is 0 Å². The van der Waals surface area contributed by atoms with Crippen LogP contribution in [0.3, 0.4) is 0 Å². The molecule has 0 aliphatic carbocycles. The lowest BCUT2D eigenvalue weighted by Crippen LogP contribution is -2.30. The molecular formula is C12H14N2O3. The monoisotopic (exact) mass is 234 g/mol. The van der Waals surface area contributed by atoms with Crippen molar-refractivity contribution < 1.29 is 9.72 Å². The van der Waals surface area contributed by atoms with E-state index in [1.165, 1.54) is 0 Å². The summed E-state index contributed by atoms with van der Waals surface area (Å²) in [5.74, 6) is -0.839. The van der Waals surface area contributed by atoms with Gasteiger partial charge in [-0.1, -0.05) is 29.8 Å². The van der Waals surface area contributed by atoms with Gasteiger partial charge in [-0.2, -0.15) is 0 Å². The average molecular weight is 234 g/mol. The number of nitro groups is 1. The molecule has 3 atom stereocenters. The molecule has 1 fully saturated rings. The van der Waals surface area contributed by atoms with Gasteiger partial charge in [-0.3, -0.25) is 14.9 Å². The van der Waals surface area contributed by atoms with Gasteiger partial charge >= 0.3 is 0 Å². The Morgan fingerprint density at radius 3 is 2.71 bits per heavy atom. The number of nitrogens with zero attached hydrogens (tertiary/aromatic N) is 1. The fraction of sp³-hybridized carbons (Fsp3) is 0.417. The Hall–Kier alpha value is -1.91. The van der Waals surface area contributed by atoms with Crippen LogP contribution in [0.5, 0.6) is 0 Å². The fourth-order valence-electron chi connectivity index (χ4n) is 2.26. The maximum absolute atomic E-state index is 11.5. The predicted molar refractivity (Wildman–Crippen MR) is 62.0 cm³/mol. The second-order valence-corrected chi connectivity index (χ2v) is 4.47. The minimum absolute atomic E-state index is 0.252. The minimum atomic E-state index is -0.885. The lowest BCUT2D eigenvalue weighted by molar-refractivity contribution is -0.530. The van der Waals surface area contributed by atoms with Gasteiger partial charge in [0.1, 0.15) is 12.0 Å². The molecule has 17 heavy (non-hydrogen) atoms. The molecule has 2 rings (SSSR count). The highest BCUT2D eigenvalue weighted by atomic mass is 16.6. The molecule has 1 amide bonds. The number of hydrogen-bond acceptors (Lipinski definition) is 3. The molecule has 1 aliphatic rings. The van der Waals surface area contributed by atoms with Crippen LogP contribution in [0, 0.1) is 23.0 Å². The summed E-state index contributed by atoms with van der Waals surface area (Å²) >= 11 is 0. The number of rotatable bonds is 2. The van der Waals surface area contributed by atoms with Crippen molar-refractivity contribution in [1.82, 2.24) is 5.32 Å². The van der Waals surface area contributed by atoms with Crippen molar-refractivity contribution in [3.05, 3.63) is 45.5 Å². The van der Waals surface area contributed by atoms with E-state index in [-0.39, 0.29) is 10.8 Å². The number of carbonyl (C=O) groups excluding carboxylic acids is 1. The van der Waals surface area contributed by atoms with Crippen molar-refractivity contribution in [3.8, 4) is 0 Å². The van der Waals surface area contributed by atoms with Crippen LogP contribution in [0.1, 0.15) is 24.1 Å². The zero-order valence-corrected chi connectivity index (χ0v) is 9.71. The van der Waals surface area contributed by atoms with Crippen LogP contribution in [0.4, 0.5) is 0 Å². The summed E-state index contributed by atoms with van der Waals surface area (Å²) in [6.07, 6.45) is 0. The zero-order valence-electron chi connectivity index (χ0n) is 9.71. The number of carbonyl (C=O) groups is 1. The van der Waals surface area contributed by atoms with Crippen molar-refractivity contribution >= 4 is 5.91 Å². The molecule has 0 radical (unpaired) electrons. The first kappa shape index (κ1) is 11.6. The van der Waals surface area contributed by atoms with E-state index in [1.54, 1.807) is 6.92 Å². The summed E-state index contributed by atoms with van der Waals surface area (Å²) in [5.41, 5.74) is 1.82. The van der Waals surface area contributed by atoms with E-state index in [1.807, 2.05) is 31.2 Å². The number of nitrogens with one attached hydrogen (secondary N) is 1. The molecule has 5 heteroatoms. The molecule has 1 aliphatic heterocycles. The molecule has 5 nitrogen and oxygen atoms in total. The molecule has 1 saturated heterocycles. The average Bonchev–Trinajstić information content (AvgIpc) is 2.55. The Morgan fingerprint density at radius 1 is 1.41 bits per heavy atom. The number of aryl methyl sites for hydroxylation is 1. The van der Waals surface area contributed by atoms with Crippen LogP contribution in [-0.4, -0.2) is 16.9 Å². The van der Waals surface area contributed by atoms with Crippen LogP contribution in [-0.2, 0) is 4.79 Å². The first-order valence-corrected chi connectivity index (χ1v) is 5.51. The Balaban J connectivity index is 2.38. The quantitative estimate of drug-likeness (QED) is 0.621. The van der Waals surface area contributed by atoms with Gasteiger partial charge < -0.3 is 5.32 Å². The second-order valence-electron chi connectivity index (χ2n) is 4.47. The van der Waals surface area contributed by atoms with E-state index >= 15 is 0 Å². The van der Waals surface area contributed by atoms with Crippen LogP contribution >= 0.6 is 0 Å². The van der Waals surface area contributed by atoms with Crippen molar-refractivity contribution in [1.29, 1.82) is 0 Å². The Bertz CT molecular complexity index is 473. The number of amides is 1. The summed E-state index contributed by atoms with van der Waals surface area (Å²) in [6.45, 7) is 3.52. The molecule has 0 spiro atoms. The molecule has 3 unspecified atom stereocenters. The number of hydrogen-bond donors (Lipinski definition) is 1. The van der Waals surface area contributed by atoms with Gasteiger partial charge in [-0.05, 0) is 19.4 Å². The maximum atomic E-state index is 11.5. The molecule has 0 aromatic heterocycles. The SMILES string of the molecule is Cc1cccc(C2NC(=O)C(C)C2[N+](=O)[O-])c1. The van der Waals surface area contributed by atoms with Crippen molar-refractivity contribution in [2.24, 2.45) is 5.92 Å². The molecule has 0 saturated carbocycles. The highest BCUT2D eigenvalue weighted by Crippen LogP contribution is 2.30. The van der Waals surface area contributed by atoms with Gasteiger partial charge in [0.15, 0.2) is 0 Å².